The van der Waals surface area contributed by atoms with Gasteiger partial charge in [-0.2, -0.15) is 0 Å². The number of hydrogen-bond acceptors (Lipinski definition) is 4. The van der Waals surface area contributed by atoms with Crippen LogP contribution in [0.5, 0.6) is 5.75 Å². The predicted molar refractivity (Wildman–Crippen MR) is 92.1 cm³/mol. The zero-order valence-electron chi connectivity index (χ0n) is 14.1. The third kappa shape index (κ3) is 3.87. The number of hydrogen-bond donors (Lipinski definition) is 2. The predicted octanol–water partition coefficient (Wildman–Crippen LogP) is 1.16. The fourth-order valence-corrected chi connectivity index (χ4v) is 3.37. The van der Waals surface area contributed by atoms with Crippen LogP contribution < -0.4 is 20.3 Å². The molecule has 24 heavy (non-hydrogen) atoms. The molecule has 130 valence electrons. The van der Waals surface area contributed by atoms with Crippen molar-refractivity contribution in [3.05, 3.63) is 24.3 Å². The normalized spacial score (nSPS) is 21.8. The first-order valence-electron chi connectivity index (χ1n) is 8.60. The van der Waals surface area contributed by atoms with Crippen LogP contribution in [0.2, 0.25) is 0 Å². The highest BCUT2D eigenvalue weighted by Gasteiger charge is 2.35. The van der Waals surface area contributed by atoms with Crippen LogP contribution in [-0.2, 0) is 9.59 Å². The van der Waals surface area contributed by atoms with Crippen LogP contribution in [-0.4, -0.2) is 45.1 Å². The van der Waals surface area contributed by atoms with Crippen molar-refractivity contribution in [3.8, 4) is 5.75 Å². The molecule has 0 aromatic heterocycles. The van der Waals surface area contributed by atoms with Gasteiger partial charge >= 0.3 is 0 Å². The maximum absolute atomic E-state index is 12.4. The summed E-state index contributed by atoms with van der Waals surface area (Å²) in [7, 11) is 1.61. The molecule has 2 amide bonds. The number of anilines is 1. The van der Waals surface area contributed by atoms with E-state index in [1.807, 2.05) is 24.3 Å². The van der Waals surface area contributed by atoms with Gasteiger partial charge in [0.1, 0.15) is 5.75 Å². The molecule has 0 spiro atoms. The molecule has 2 aliphatic heterocycles. The number of amides is 2. The molecule has 2 saturated heterocycles. The molecule has 2 heterocycles. The van der Waals surface area contributed by atoms with Crippen molar-refractivity contribution in [1.82, 2.24) is 10.6 Å². The largest absolute Gasteiger partial charge is 0.497 e. The van der Waals surface area contributed by atoms with E-state index in [0.29, 0.717) is 19.0 Å². The minimum Gasteiger partial charge on any atom is -0.497 e. The standard InChI is InChI=1S/C18H25N3O3/c1-24-16-4-2-15(3-5-16)21-12-14(10-17(21)22)18(23)20-11-13-6-8-19-9-7-13/h2-5,13-14,19H,6-12H2,1H3,(H,20,23). The Balaban J connectivity index is 1.54. The smallest absolute Gasteiger partial charge is 0.227 e. The fraction of sp³-hybridized carbons (Fsp3) is 0.556. The number of nitrogens with one attached hydrogen (secondary N) is 2. The summed E-state index contributed by atoms with van der Waals surface area (Å²) in [6.45, 7) is 3.21. The minimum atomic E-state index is -0.263. The Hall–Kier alpha value is -2.08. The van der Waals surface area contributed by atoms with Gasteiger partial charge in [-0.1, -0.05) is 0 Å². The summed E-state index contributed by atoms with van der Waals surface area (Å²) in [6.07, 6.45) is 2.48. The monoisotopic (exact) mass is 331 g/mol. The molecule has 6 nitrogen and oxygen atoms in total. The second-order valence-corrected chi connectivity index (χ2v) is 6.54. The van der Waals surface area contributed by atoms with Crippen molar-refractivity contribution < 1.29 is 14.3 Å². The van der Waals surface area contributed by atoms with Gasteiger partial charge in [-0.15, -0.1) is 0 Å². The number of nitrogens with zero attached hydrogens (tertiary/aromatic N) is 1. The molecule has 0 radical (unpaired) electrons. The highest BCUT2D eigenvalue weighted by molar-refractivity contribution is 6.00. The van der Waals surface area contributed by atoms with Crippen LogP contribution in [0.1, 0.15) is 19.3 Å². The van der Waals surface area contributed by atoms with Gasteiger partial charge in [0.05, 0.1) is 13.0 Å². The summed E-state index contributed by atoms with van der Waals surface area (Å²) < 4.78 is 5.14. The maximum atomic E-state index is 12.4. The van der Waals surface area contributed by atoms with Gasteiger partial charge in [-0.3, -0.25) is 9.59 Å². The van der Waals surface area contributed by atoms with Crippen molar-refractivity contribution in [2.24, 2.45) is 11.8 Å². The Morgan fingerprint density at radius 1 is 1.29 bits per heavy atom. The van der Waals surface area contributed by atoms with Crippen LogP contribution in [0.15, 0.2) is 24.3 Å². The van der Waals surface area contributed by atoms with Gasteiger partial charge in [-0.05, 0) is 56.1 Å². The van der Waals surface area contributed by atoms with Gasteiger partial charge in [0.15, 0.2) is 0 Å². The number of carbonyl (C=O) groups excluding carboxylic acids is 2. The number of carbonyl (C=O) groups is 2. The van der Waals surface area contributed by atoms with E-state index in [9.17, 15) is 9.59 Å². The van der Waals surface area contributed by atoms with Gasteiger partial charge in [0, 0.05) is 25.2 Å². The molecule has 0 aliphatic carbocycles. The zero-order chi connectivity index (χ0) is 16.9. The van der Waals surface area contributed by atoms with Gasteiger partial charge in [0.2, 0.25) is 11.8 Å². The zero-order valence-corrected chi connectivity index (χ0v) is 14.1. The lowest BCUT2D eigenvalue weighted by Crippen LogP contribution is -2.39. The van der Waals surface area contributed by atoms with Crippen molar-refractivity contribution >= 4 is 17.5 Å². The Morgan fingerprint density at radius 2 is 2.00 bits per heavy atom. The molecule has 1 unspecified atom stereocenters. The van der Waals surface area contributed by atoms with Crippen LogP contribution in [0.25, 0.3) is 0 Å². The van der Waals surface area contributed by atoms with E-state index < -0.39 is 0 Å². The number of ether oxygens (including phenoxy) is 1. The average molecular weight is 331 g/mol. The molecular formula is C18H25N3O3. The molecule has 1 aromatic rings. The van der Waals surface area contributed by atoms with Crippen molar-refractivity contribution in [1.29, 1.82) is 0 Å². The number of benzene rings is 1. The molecular weight excluding hydrogens is 306 g/mol. The number of rotatable bonds is 5. The molecule has 1 aromatic carbocycles. The van der Waals surface area contributed by atoms with Gasteiger partial charge in [-0.25, -0.2) is 0 Å². The Kier molecular flexibility index (Phi) is 5.35. The summed E-state index contributed by atoms with van der Waals surface area (Å²) in [5.41, 5.74) is 0.814. The molecule has 6 heteroatoms. The highest BCUT2D eigenvalue weighted by atomic mass is 16.5. The summed E-state index contributed by atoms with van der Waals surface area (Å²) >= 11 is 0. The van der Waals surface area contributed by atoms with Crippen LogP contribution >= 0.6 is 0 Å². The van der Waals surface area contributed by atoms with Crippen molar-refractivity contribution in [2.75, 3.05) is 38.2 Å². The molecule has 2 aliphatic rings. The second-order valence-electron chi connectivity index (χ2n) is 6.54. The summed E-state index contributed by atoms with van der Waals surface area (Å²) in [4.78, 5) is 26.3. The van der Waals surface area contributed by atoms with E-state index in [0.717, 1.165) is 37.4 Å². The van der Waals surface area contributed by atoms with Crippen molar-refractivity contribution in [2.45, 2.75) is 19.3 Å². The maximum Gasteiger partial charge on any atom is 0.227 e. The fourth-order valence-electron chi connectivity index (χ4n) is 3.37. The molecule has 0 bridgehead atoms. The molecule has 0 saturated carbocycles. The van der Waals surface area contributed by atoms with E-state index in [1.165, 1.54) is 0 Å². The lowest BCUT2D eigenvalue weighted by molar-refractivity contribution is -0.126. The van der Waals surface area contributed by atoms with E-state index in [-0.39, 0.29) is 24.2 Å². The van der Waals surface area contributed by atoms with Crippen LogP contribution in [0.4, 0.5) is 5.69 Å². The highest BCUT2D eigenvalue weighted by Crippen LogP contribution is 2.27. The van der Waals surface area contributed by atoms with E-state index in [1.54, 1.807) is 12.0 Å². The summed E-state index contributed by atoms with van der Waals surface area (Å²) in [6, 6.07) is 7.36. The Bertz CT molecular complexity index is 582. The summed E-state index contributed by atoms with van der Waals surface area (Å²) in [5.74, 6) is 1.04. The van der Waals surface area contributed by atoms with Gasteiger partial charge in [0.25, 0.3) is 0 Å². The molecule has 2 N–H and O–H groups in total. The third-order valence-corrected chi connectivity index (χ3v) is 4.90. The lowest BCUT2D eigenvalue weighted by atomic mass is 9.98. The summed E-state index contributed by atoms with van der Waals surface area (Å²) in [5, 5.41) is 6.36. The Labute approximate surface area is 142 Å². The SMILES string of the molecule is COc1ccc(N2CC(C(=O)NCC3CCNCC3)CC2=O)cc1. The van der Waals surface area contributed by atoms with E-state index >= 15 is 0 Å². The first-order valence-corrected chi connectivity index (χ1v) is 8.60. The third-order valence-electron chi connectivity index (χ3n) is 4.90. The van der Waals surface area contributed by atoms with Crippen LogP contribution in [0, 0.1) is 11.8 Å². The quantitative estimate of drug-likeness (QED) is 0.849. The molecule has 2 fully saturated rings. The van der Waals surface area contributed by atoms with Crippen LogP contribution in [0.3, 0.4) is 0 Å². The van der Waals surface area contributed by atoms with Crippen molar-refractivity contribution in [3.63, 3.8) is 0 Å². The van der Waals surface area contributed by atoms with E-state index in [4.69, 9.17) is 4.74 Å². The first-order chi connectivity index (χ1) is 11.7. The first kappa shape index (κ1) is 16.8. The minimum absolute atomic E-state index is 0.00195. The molecule has 1 atom stereocenters. The number of piperidine rings is 1. The number of methoxy groups -OCH3 is 1. The van der Waals surface area contributed by atoms with Gasteiger partial charge < -0.3 is 20.3 Å². The lowest BCUT2D eigenvalue weighted by Gasteiger charge is -2.23. The van der Waals surface area contributed by atoms with E-state index in [2.05, 4.69) is 10.6 Å². The Morgan fingerprint density at radius 3 is 2.67 bits per heavy atom. The topological polar surface area (TPSA) is 70.7 Å². The molecule has 3 rings (SSSR count). The second kappa shape index (κ2) is 7.66. The average Bonchev–Trinajstić information content (AvgIpc) is 3.02.